The van der Waals surface area contributed by atoms with Crippen LogP contribution in [0.5, 0.6) is 11.5 Å². The van der Waals surface area contributed by atoms with Gasteiger partial charge >= 0.3 is 5.97 Å². The third kappa shape index (κ3) is 5.51. The van der Waals surface area contributed by atoms with Crippen LogP contribution in [0.4, 0.5) is 0 Å². The number of hydrogen-bond donors (Lipinski definition) is 1. The lowest BCUT2D eigenvalue weighted by molar-refractivity contribution is -0.131. The molecule has 0 aliphatic rings. The first-order chi connectivity index (χ1) is 11.0. The van der Waals surface area contributed by atoms with Gasteiger partial charge in [-0.05, 0) is 49.2 Å². The highest BCUT2D eigenvalue weighted by molar-refractivity contribution is 5.85. The second kappa shape index (κ2) is 8.03. The number of benzene rings is 2. The Balaban J connectivity index is 1.90. The quantitative estimate of drug-likeness (QED) is 0.623. The van der Waals surface area contributed by atoms with Crippen LogP contribution in [0, 0.1) is 13.8 Å². The van der Waals surface area contributed by atoms with Gasteiger partial charge < -0.3 is 14.6 Å². The van der Waals surface area contributed by atoms with E-state index in [2.05, 4.69) is 6.07 Å². The van der Waals surface area contributed by atoms with Gasteiger partial charge in [-0.25, -0.2) is 4.79 Å². The molecule has 0 aliphatic heterocycles. The summed E-state index contributed by atoms with van der Waals surface area (Å²) in [6.07, 6.45) is 2.61. The third-order valence-corrected chi connectivity index (χ3v) is 3.13. The Kier molecular flexibility index (Phi) is 5.80. The molecule has 4 nitrogen and oxygen atoms in total. The first-order valence-corrected chi connectivity index (χ1v) is 7.38. The van der Waals surface area contributed by atoms with Crippen molar-refractivity contribution in [3.05, 3.63) is 65.2 Å². The second-order valence-corrected chi connectivity index (χ2v) is 5.23. The predicted molar refractivity (Wildman–Crippen MR) is 90.0 cm³/mol. The topological polar surface area (TPSA) is 55.8 Å². The number of para-hydroxylation sites is 1. The highest BCUT2D eigenvalue weighted by Gasteiger charge is 2.02. The predicted octanol–water partition coefficient (Wildman–Crippen LogP) is 3.86. The van der Waals surface area contributed by atoms with Crippen molar-refractivity contribution in [3.63, 3.8) is 0 Å². The van der Waals surface area contributed by atoms with Gasteiger partial charge in [-0.2, -0.15) is 0 Å². The molecule has 0 unspecified atom stereocenters. The molecule has 120 valence electrons. The van der Waals surface area contributed by atoms with E-state index in [1.807, 2.05) is 38.1 Å². The van der Waals surface area contributed by atoms with E-state index in [-0.39, 0.29) is 0 Å². The van der Waals surface area contributed by atoms with Crippen LogP contribution in [0.1, 0.15) is 16.7 Å². The molecule has 0 amide bonds. The number of rotatable bonds is 7. The minimum absolute atomic E-state index is 0.380. The van der Waals surface area contributed by atoms with E-state index in [0.29, 0.717) is 19.0 Å². The zero-order valence-electron chi connectivity index (χ0n) is 13.3. The first kappa shape index (κ1) is 16.6. The summed E-state index contributed by atoms with van der Waals surface area (Å²) < 4.78 is 11.4. The van der Waals surface area contributed by atoms with Crippen molar-refractivity contribution < 1.29 is 19.4 Å². The van der Waals surface area contributed by atoms with Crippen molar-refractivity contribution in [1.29, 1.82) is 0 Å². The second-order valence-electron chi connectivity index (χ2n) is 5.23. The first-order valence-electron chi connectivity index (χ1n) is 7.38. The molecular formula is C19H20O4. The Morgan fingerprint density at radius 1 is 1.04 bits per heavy atom. The van der Waals surface area contributed by atoms with Gasteiger partial charge in [0.05, 0.1) is 0 Å². The molecule has 0 aromatic heterocycles. The minimum atomic E-state index is -0.988. The van der Waals surface area contributed by atoms with Crippen LogP contribution in [0.15, 0.2) is 48.5 Å². The number of carboxylic acid groups (broad SMARTS) is 1. The highest BCUT2D eigenvalue weighted by Crippen LogP contribution is 2.20. The molecule has 0 heterocycles. The van der Waals surface area contributed by atoms with Gasteiger partial charge in [0.1, 0.15) is 24.7 Å². The zero-order chi connectivity index (χ0) is 16.7. The number of aryl methyl sites for hydroxylation is 2. The Labute approximate surface area is 136 Å². The zero-order valence-corrected chi connectivity index (χ0v) is 13.3. The molecule has 0 saturated heterocycles. The number of aliphatic carboxylic acids is 1. The van der Waals surface area contributed by atoms with E-state index >= 15 is 0 Å². The SMILES string of the molecule is Cc1cc(C)cc(OCCOc2ccccc2C=CC(=O)O)c1. The Hall–Kier alpha value is -2.75. The summed E-state index contributed by atoms with van der Waals surface area (Å²) in [6.45, 7) is 4.85. The van der Waals surface area contributed by atoms with Gasteiger partial charge in [0, 0.05) is 11.6 Å². The van der Waals surface area contributed by atoms with Crippen LogP contribution in [0.2, 0.25) is 0 Å². The van der Waals surface area contributed by atoms with E-state index in [1.54, 1.807) is 12.1 Å². The summed E-state index contributed by atoms with van der Waals surface area (Å²) in [5, 5.41) is 8.70. The van der Waals surface area contributed by atoms with Crippen LogP contribution in [0.3, 0.4) is 0 Å². The van der Waals surface area contributed by atoms with Gasteiger partial charge in [0.2, 0.25) is 0 Å². The third-order valence-electron chi connectivity index (χ3n) is 3.13. The monoisotopic (exact) mass is 312 g/mol. The Morgan fingerprint density at radius 2 is 1.70 bits per heavy atom. The van der Waals surface area contributed by atoms with Crippen molar-refractivity contribution in [2.24, 2.45) is 0 Å². The fourth-order valence-corrected chi connectivity index (χ4v) is 2.24. The van der Waals surface area contributed by atoms with Crippen molar-refractivity contribution in [2.75, 3.05) is 13.2 Å². The summed E-state index contributed by atoms with van der Waals surface area (Å²) in [6, 6.07) is 13.3. The fraction of sp³-hybridized carbons (Fsp3) is 0.211. The van der Waals surface area contributed by atoms with E-state index < -0.39 is 5.97 Å². The smallest absolute Gasteiger partial charge is 0.328 e. The Bertz CT molecular complexity index is 684. The maximum Gasteiger partial charge on any atom is 0.328 e. The van der Waals surface area contributed by atoms with Crippen molar-refractivity contribution >= 4 is 12.0 Å². The molecule has 2 aromatic rings. The maximum atomic E-state index is 10.6. The average molecular weight is 312 g/mol. The van der Waals surface area contributed by atoms with Crippen LogP contribution in [-0.4, -0.2) is 24.3 Å². The van der Waals surface area contributed by atoms with Crippen molar-refractivity contribution in [1.82, 2.24) is 0 Å². The fourth-order valence-electron chi connectivity index (χ4n) is 2.24. The highest BCUT2D eigenvalue weighted by atomic mass is 16.5. The molecule has 1 N–H and O–H groups in total. The van der Waals surface area contributed by atoms with Gasteiger partial charge in [-0.15, -0.1) is 0 Å². The van der Waals surface area contributed by atoms with Gasteiger partial charge in [0.15, 0.2) is 0 Å². The molecule has 0 aliphatic carbocycles. The summed E-state index contributed by atoms with van der Waals surface area (Å²) in [4.78, 5) is 10.6. The molecule has 0 spiro atoms. The molecule has 4 heteroatoms. The molecule has 2 aromatic carbocycles. The summed E-state index contributed by atoms with van der Waals surface area (Å²) in [5.74, 6) is 0.470. The molecule has 0 fully saturated rings. The van der Waals surface area contributed by atoms with E-state index in [1.165, 1.54) is 6.08 Å². The number of hydrogen-bond acceptors (Lipinski definition) is 3. The average Bonchev–Trinajstić information content (AvgIpc) is 2.49. The largest absolute Gasteiger partial charge is 0.490 e. The molecule has 0 atom stereocenters. The normalized spacial score (nSPS) is 10.7. The molecule has 0 bridgehead atoms. The number of carbonyl (C=O) groups is 1. The lowest BCUT2D eigenvalue weighted by atomic mass is 10.1. The van der Waals surface area contributed by atoms with Gasteiger partial charge in [-0.1, -0.05) is 24.3 Å². The molecule has 2 rings (SSSR count). The number of carboxylic acids is 1. The van der Waals surface area contributed by atoms with E-state index in [0.717, 1.165) is 28.5 Å². The van der Waals surface area contributed by atoms with Gasteiger partial charge in [0.25, 0.3) is 0 Å². The van der Waals surface area contributed by atoms with Crippen LogP contribution < -0.4 is 9.47 Å². The molecule has 0 saturated carbocycles. The van der Waals surface area contributed by atoms with E-state index in [4.69, 9.17) is 14.6 Å². The summed E-state index contributed by atoms with van der Waals surface area (Å²) >= 11 is 0. The Morgan fingerprint density at radius 3 is 2.39 bits per heavy atom. The van der Waals surface area contributed by atoms with Crippen LogP contribution in [-0.2, 0) is 4.79 Å². The van der Waals surface area contributed by atoms with Crippen molar-refractivity contribution in [2.45, 2.75) is 13.8 Å². The van der Waals surface area contributed by atoms with Crippen LogP contribution >= 0.6 is 0 Å². The van der Waals surface area contributed by atoms with Crippen molar-refractivity contribution in [3.8, 4) is 11.5 Å². The molecular weight excluding hydrogens is 292 g/mol. The maximum absolute atomic E-state index is 10.6. The molecule has 0 radical (unpaired) electrons. The van der Waals surface area contributed by atoms with Gasteiger partial charge in [-0.3, -0.25) is 0 Å². The lowest BCUT2D eigenvalue weighted by Gasteiger charge is -2.11. The summed E-state index contributed by atoms with van der Waals surface area (Å²) in [5.41, 5.74) is 3.04. The van der Waals surface area contributed by atoms with E-state index in [9.17, 15) is 4.79 Å². The minimum Gasteiger partial charge on any atom is -0.490 e. The molecule has 23 heavy (non-hydrogen) atoms. The summed E-state index contributed by atoms with van der Waals surface area (Å²) in [7, 11) is 0. The lowest BCUT2D eigenvalue weighted by Crippen LogP contribution is -2.09. The standard InChI is InChI=1S/C19H20O4/c1-14-11-15(2)13-17(12-14)22-9-10-23-18-6-4-3-5-16(18)7-8-19(20)21/h3-8,11-13H,9-10H2,1-2H3,(H,20,21). The van der Waals surface area contributed by atoms with Crippen LogP contribution in [0.25, 0.3) is 6.08 Å². The number of ether oxygens (including phenoxy) is 2.